The number of nitrogens with one attached hydrogen (secondary N) is 2. The summed E-state index contributed by atoms with van der Waals surface area (Å²) in [6.07, 6.45) is 5.59. The molecular formula is C21H25N5O3S. The second kappa shape index (κ2) is 7.50. The zero-order valence-corrected chi connectivity index (χ0v) is 18.0. The number of rotatable bonds is 6. The van der Waals surface area contributed by atoms with Crippen molar-refractivity contribution in [2.24, 2.45) is 0 Å². The summed E-state index contributed by atoms with van der Waals surface area (Å²) < 4.78 is 29.1. The first-order valence-electron chi connectivity index (χ1n) is 9.77. The lowest BCUT2D eigenvalue weighted by molar-refractivity contribution is 0.0739. The van der Waals surface area contributed by atoms with Gasteiger partial charge in [-0.15, -0.1) is 0 Å². The molecule has 8 nitrogen and oxygen atoms in total. The quantitative estimate of drug-likeness (QED) is 0.558. The van der Waals surface area contributed by atoms with Gasteiger partial charge in [0.05, 0.1) is 28.2 Å². The number of aliphatic hydroxyl groups is 1. The Balaban J connectivity index is 1.75. The van der Waals surface area contributed by atoms with Crippen LogP contribution in [0.1, 0.15) is 31.8 Å². The zero-order chi connectivity index (χ0) is 21.5. The maximum atomic E-state index is 12.3. The van der Waals surface area contributed by atoms with Crippen LogP contribution in [-0.2, 0) is 28.6 Å². The number of benzene rings is 1. The third-order valence-electron chi connectivity index (χ3n) is 5.17. The number of anilines is 2. The fourth-order valence-corrected chi connectivity index (χ4v) is 4.26. The van der Waals surface area contributed by atoms with E-state index in [1.165, 1.54) is 7.05 Å². The van der Waals surface area contributed by atoms with E-state index in [1.54, 1.807) is 44.3 Å². The van der Waals surface area contributed by atoms with Crippen LogP contribution in [-0.4, -0.2) is 35.1 Å². The first kappa shape index (κ1) is 20.5. The molecular weight excluding hydrogens is 402 g/mol. The van der Waals surface area contributed by atoms with Crippen LogP contribution in [0.25, 0.3) is 11.3 Å². The molecule has 0 radical (unpaired) electrons. The number of sulfonamides is 1. The number of nitrogens with zero attached hydrogens (tertiary/aromatic N) is 3. The number of hydrogen-bond donors (Lipinski definition) is 3. The Labute approximate surface area is 176 Å². The lowest BCUT2D eigenvalue weighted by Gasteiger charge is -2.17. The van der Waals surface area contributed by atoms with Crippen molar-refractivity contribution in [1.82, 2.24) is 19.3 Å². The van der Waals surface area contributed by atoms with Gasteiger partial charge in [-0.25, -0.2) is 18.1 Å². The van der Waals surface area contributed by atoms with Crippen molar-refractivity contribution < 1.29 is 13.5 Å². The molecule has 1 aromatic carbocycles. The van der Waals surface area contributed by atoms with Gasteiger partial charge in [0.15, 0.2) is 0 Å². The second-order valence-corrected chi connectivity index (χ2v) is 9.76. The molecule has 2 aromatic heterocycles. The molecule has 0 spiro atoms. The summed E-state index contributed by atoms with van der Waals surface area (Å²) in [6, 6.07) is 8.50. The first-order valence-corrected chi connectivity index (χ1v) is 11.3. The standard InChI is InChI=1S/C21H25N5O3S/c1-21(2,27)19-9-6-14(12-23-19)24-17-8-7-15(30(28,29)22-3)11-16(17)18-13-26-10-4-5-20(26)25-18/h6-9,11-13,22,24,27H,4-5,10H2,1-3H3. The Bertz CT molecular complexity index is 1160. The maximum absolute atomic E-state index is 12.3. The molecule has 0 aliphatic carbocycles. The Morgan fingerprint density at radius 3 is 2.63 bits per heavy atom. The zero-order valence-electron chi connectivity index (χ0n) is 17.2. The third kappa shape index (κ3) is 3.96. The molecule has 3 aromatic rings. The fourth-order valence-electron chi connectivity index (χ4n) is 3.50. The van der Waals surface area contributed by atoms with Crippen molar-refractivity contribution in [3.63, 3.8) is 0 Å². The van der Waals surface area contributed by atoms with E-state index in [-0.39, 0.29) is 4.90 Å². The predicted octanol–water partition coefficient (Wildman–Crippen LogP) is 2.77. The first-order chi connectivity index (χ1) is 14.2. The average molecular weight is 428 g/mol. The van der Waals surface area contributed by atoms with E-state index in [2.05, 4.69) is 19.6 Å². The minimum Gasteiger partial charge on any atom is -0.384 e. The van der Waals surface area contributed by atoms with E-state index in [0.29, 0.717) is 11.3 Å². The maximum Gasteiger partial charge on any atom is 0.240 e. The summed E-state index contributed by atoms with van der Waals surface area (Å²) in [7, 11) is -2.20. The number of aromatic nitrogens is 3. The fraction of sp³-hybridized carbons (Fsp3) is 0.333. The van der Waals surface area contributed by atoms with E-state index < -0.39 is 15.6 Å². The summed E-state index contributed by atoms with van der Waals surface area (Å²) in [5, 5.41) is 13.4. The largest absolute Gasteiger partial charge is 0.384 e. The van der Waals surface area contributed by atoms with Crippen LogP contribution in [0.2, 0.25) is 0 Å². The summed E-state index contributed by atoms with van der Waals surface area (Å²) in [5.74, 6) is 1.01. The van der Waals surface area contributed by atoms with Gasteiger partial charge in [-0.2, -0.15) is 0 Å². The molecule has 30 heavy (non-hydrogen) atoms. The molecule has 0 saturated carbocycles. The Morgan fingerprint density at radius 2 is 2.00 bits per heavy atom. The van der Waals surface area contributed by atoms with Crippen LogP contribution in [0, 0.1) is 0 Å². The Kier molecular flexibility index (Phi) is 5.13. The highest BCUT2D eigenvalue weighted by molar-refractivity contribution is 7.89. The summed E-state index contributed by atoms with van der Waals surface area (Å²) in [5.41, 5.74) is 2.40. The number of hydrogen-bond acceptors (Lipinski definition) is 6. The lowest BCUT2D eigenvalue weighted by atomic mass is 10.0. The molecule has 0 unspecified atom stereocenters. The van der Waals surface area contributed by atoms with E-state index in [9.17, 15) is 13.5 Å². The van der Waals surface area contributed by atoms with E-state index in [0.717, 1.165) is 42.3 Å². The van der Waals surface area contributed by atoms with Gasteiger partial charge in [-0.05, 0) is 57.6 Å². The van der Waals surface area contributed by atoms with Gasteiger partial charge < -0.3 is 15.0 Å². The topological polar surface area (TPSA) is 109 Å². The Morgan fingerprint density at radius 1 is 1.20 bits per heavy atom. The molecule has 0 amide bonds. The molecule has 0 atom stereocenters. The SMILES string of the molecule is CNS(=O)(=O)c1ccc(Nc2ccc(C(C)(C)O)nc2)c(-c2cn3c(n2)CCC3)c1. The molecule has 3 heterocycles. The monoisotopic (exact) mass is 427 g/mol. The molecule has 0 fully saturated rings. The van der Waals surface area contributed by atoms with Crippen LogP contribution in [0.15, 0.2) is 47.6 Å². The van der Waals surface area contributed by atoms with E-state index in [4.69, 9.17) is 4.98 Å². The van der Waals surface area contributed by atoms with Gasteiger partial charge in [0.1, 0.15) is 11.4 Å². The van der Waals surface area contributed by atoms with E-state index in [1.807, 2.05) is 12.3 Å². The molecule has 9 heteroatoms. The summed E-state index contributed by atoms with van der Waals surface area (Å²) >= 11 is 0. The Hall–Kier alpha value is -2.75. The van der Waals surface area contributed by atoms with Crippen molar-refractivity contribution >= 4 is 21.4 Å². The molecule has 1 aliphatic heterocycles. The third-order valence-corrected chi connectivity index (χ3v) is 6.59. The van der Waals surface area contributed by atoms with Crippen molar-refractivity contribution in [2.45, 2.75) is 43.7 Å². The molecule has 158 valence electrons. The van der Waals surface area contributed by atoms with Crippen molar-refractivity contribution in [1.29, 1.82) is 0 Å². The molecule has 1 aliphatic rings. The molecule has 4 rings (SSSR count). The number of aryl methyl sites for hydroxylation is 2. The van der Waals surface area contributed by atoms with Crippen molar-refractivity contribution in [3.05, 3.63) is 54.2 Å². The smallest absolute Gasteiger partial charge is 0.240 e. The van der Waals surface area contributed by atoms with Crippen LogP contribution in [0.4, 0.5) is 11.4 Å². The van der Waals surface area contributed by atoms with E-state index >= 15 is 0 Å². The highest BCUT2D eigenvalue weighted by Crippen LogP contribution is 2.33. The minimum atomic E-state index is -3.59. The van der Waals surface area contributed by atoms with Gasteiger partial charge in [0.2, 0.25) is 10.0 Å². The van der Waals surface area contributed by atoms with Gasteiger partial charge in [-0.3, -0.25) is 4.98 Å². The predicted molar refractivity (Wildman–Crippen MR) is 115 cm³/mol. The van der Waals surface area contributed by atoms with Gasteiger partial charge >= 0.3 is 0 Å². The molecule has 0 saturated heterocycles. The molecule has 3 N–H and O–H groups in total. The highest BCUT2D eigenvalue weighted by atomic mass is 32.2. The van der Waals surface area contributed by atoms with Crippen LogP contribution in [0.5, 0.6) is 0 Å². The van der Waals surface area contributed by atoms with Gasteiger partial charge in [0, 0.05) is 30.4 Å². The van der Waals surface area contributed by atoms with Gasteiger partial charge in [0.25, 0.3) is 0 Å². The van der Waals surface area contributed by atoms with Crippen molar-refractivity contribution in [2.75, 3.05) is 12.4 Å². The minimum absolute atomic E-state index is 0.175. The van der Waals surface area contributed by atoms with Gasteiger partial charge in [-0.1, -0.05) is 0 Å². The number of imidazole rings is 1. The highest BCUT2D eigenvalue weighted by Gasteiger charge is 2.21. The number of fused-ring (bicyclic) bond motifs is 1. The summed E-state index contributed by atoms with van der Waals surface area (Å²) in [6.45, 7) is 4.28. The average Bonchev–Trinajstić information content (AvgIpc) is 3.30. The van der Waals surface area contributed by atoms with Crippen LogP contribution in [0.3, 0.4) is 0 Å². The van der Waals surface area contributed by atoms with Crippen LogP contribution >= 0.6 is 0 Å². The lowest BCUT2D eigenvalue weighted by Crippen LogP contribution is -2.18. The molecule has 0 bridgehead atoms. The second-order valence-electron chi connectivity index (χ2n) is 7.87. The number of pyridine rings is 1. The summed E-state index contributed by atoms with van der Waals surface area (Å²) in [4.78, 5) is 9.21. The van der Waals surface area contributed by atoms with Crippen molar-refractivity contribution in [3.8, 4) is 11.3 Å². The normalized spacial score (nSPS) is 14.0. The van der Waals surface area contributed by atoms with Crippen LogP contribution < -0.4 is 10.0 Å².